The summed E-state index contributed by atoms with van der Waals surface area (Å²) >= 11 is 1.34. The molecule has 0 amide bonds. The smallest absolute Gasteiger partial charge is 0.241 e. The van der Waals surface area contributed by atoms with E-state index in [9.17, 15) is 0 Å². The van der Waals surface area contributed by atoms with Crippen LogP contribution in [-0.4, -0.2) is 31.3 Å². The van der Waals surface area contributed by atoms with Crippen LogP contribution in [0.2, 0.25) is 0 Å². The molecule has 0 unspecified atom stereocenters. The van der Waals surface area contributed by atoms with Crippen molar-refractivity contribution in [3.8, 4) is 5.88 Å². The molecule has 0 aliphatic heterocycles. The van der Waals surface area contributed by atoms with Gasteiger partial charge < -0.3 is 15.0 Å². The fourth-order valence-electron chi connectivity index (χ4n) is 1.32. The van der Waals surface area contributed by atoms with E-state index in [1.54, 1.807) is 0 Å². The van der Waals surface area contributed by atoms with E-state index in [4.69, 9.17) is 10.5 Å². The quantitative estimate of drug-likeness (QED) is 0.828. The third-order valence-corrected chi connectivity index (χ3v) is 3.55. The molecular weight excluding hydrogens is 264 g/mol. The fourth-order valence-corrected chi connectivity index (χ4v) is 2.14. The van der Waals surface area contributed by atoms with Crippen LogP contribution >= 0.6 is 11.8 Å². The van der Waals surface area contributed by atoms with E-state index < -0.39 is 0 Å². The molecule has 0 radical (unpaired) electrons. The third kappa shape index (κ3) is 2.95. The Morgan fingerprint density at radius 2 is 2.16 bits per heavy atom. The first kappa shape index (κ1) is 13.6. The fraction of sp³-hybridized carbons (Fsp3) is 0.455. The van der Waals surface area contributed by atoms with Crippen LogP contribution in [0.3, 0.4) is 0 Å². The van der Waals surface area contributed by atoms with Gasteiger partial charge in [0.1, 0.15) is 22.9 Å². The van der Waals surface area contributed by atoms with E-state index >= 15 is 0 Å². The number of hydrogen-bond donors (Lipinski definition) is 1. The van der Waals surface area contributed by atoms with Crippen LogP contribution in [0.25, 0.3) is 0 Å². The van der Waals surface area contributed by atoms with Gasteiger partial charge in [-0.15, -0.1) is 10.2 Å². The highest BCUT2D eigenvalue weighted by atomic mass is 32.2. The van der Waals surface area contributed by atoms with Gasteiger partial charge >= 0.3 is 0 Å². The number of anilines is 1. The van der Waals surface area contributed by atoms with Crippen LogP contribution in [-0.2, 0) is 7.05 Å². The van der Waals surface area contributed by atoms with Gasteiger partial charge in [-0.25, -0.2) is 4.98 Å². The molecule has 0 spiro atoms. The first-order valence-electron chi connectivity index (χ1n) is 5.90. The van der Waals surface area contributed by atoms with Gasteiger partial charge in [0.25, 0.3) is 0 Å². The van der Waals surface area contributed by atoms with Crippen molar-refractivity contribution < 1.29 is 4.74 Å². The van der Waals surface area contributed by atoms with E-state index in [0.29, 0.717) is 23.2 Å². The van der Waals surface area contributed by atoms with Crippen molar-refractivity contribution in [1.29, 1.82) is 0 Å². The molecule has 0 aliphatic rings. The molecule has 2 rings (SSSR count). The van der Waals surface area contributed by atoms with Crippen molar-refractivity contribution in [2.75, 3.05) is 12.3 Å². The molecule has 0 fully saturated rings. The van der Waals surface area contributed by atoms with Gasteiger partial charge in [-0.05, 0) is 25.1 Å². The minimum Gasteiger partial charge on any atom is -0.476 e. The highest BCUT2D eigenvalue weighted by molar-refractivity contribution is 7.99. The third-order valence-electron chi connectivity index (χ3n) is 2.49. The average molecular weight is 280 g/mol. The van der Waals surface area contributed by atoms with Crippen molar-refractivity contribution >= 4 is 17.4 Å². The van der Waals surface area contributed by atoms with Gasteiger partial charge in [-0.3, -0.25) is 0 Å². The number of aryl methyl sites for hydroxylation is 1. The Hall–Kier alpha value is -1.83. The average Bonchev–Trinajstić information content (AvgIpc) is 2.72. The predicted molar refractivity (Wildman–Crippen MR) is 72.1 cm³/mol. The number of nitrogens with zero attached hydrogens (tertiary/aromatic N) is 5. The van der Waals surface area contributed by atoms with Crippen LogP contribution < -0.4 is 10.5 Å². The van der Waals surface area contributed by atoms with Crippen molar-refractivity contribution in [3.63, 3.8) is 0 Å². The number of nitrogen functional groups attached to an aromatic ring is 1. The summed E-state index contributed by atoms with van der Waals surface area (Å²) in [5, 5.41) is 9.40. The highest BCUT2D eigenvalue weighted by Gasteiger charge is 2.14. The number of aromatic nitrogens is 5. The lowest BCUT2D eigenvalue weighted by Crippen LogP contribution is -2.04. The maximum absolute atomic E-state index is 6.00. The Bertz CT molecular complexity index is 570. The van der Waals surface area contributed by atoms with E-state index in [0.717, 1.165) is 17.4 Å². The second-order valence-electron chi connectivity index (χ2n) is 3.94. The van der Waals surface area contributed by atoms with Gasteiger partial charge in [0.15, 0.2) is 5.16 Å². The minimum atomic E-state index is 0.415. The maximum atomic E-state index is 6.00. The van der Waals surface area contributed by atoms with Gasteiger partial charge in [-0.1, -0.05) is 6.92 Å². The Labute approximate surface area is 115 Å². The van der Waals surface area contributed by atoms with Crippen molar-refractivity contribution in [3.05, 3.63) is 12.2 Å². The van der Waals surface area contributed by atoms with E-state index in [1.165, 1.54) is 18.1 Å². The topological polar surface area (TPSA) is 91.7 Å². The lowest BCUT2D eigenvalue weighted by atomic mass is 10.5. The van der Waals surface area contributed by atoms with Crippen molar-refractivity contribution in [2.45, 2.75) is 30.5 Å². The standard InChI is InChI=1S/C11H16N6OS/c1-4-5-18-9-8(12)10(14-6-13-9)19-11-16-15-7(2)17(11)3/h6H,4-5,12H2,1-3H3. The molecule has 0 aromatic carbocycles. The maximum Gasteiger partial charge on any atom is 0.241 e. The van der Waals surface area contributed by atoms with E-state index in [2.05, 4.69) is 20.2 Å². The number of rotatable bonds is 5. The normalized spacial score (nSPS) is 10.7. The van der Waals surface area contributed by atoms with Gasteiger partial charge in [0.2, 0.25) is 5.88 Å². The van der Waals surface area contributed by atoms with E-state index in [1.807, 2.05) is 25.5 Å². The summed E-state index contributed by atoms with van der Waals surface area (Å²) in [6, 6.07) is 0. The molecule has 0 saturated heterocycles. The second kappa shape index (κ2) is 5.87. The van der Waals surface area contributed by atoms with Gasteiger partial charge in [-0.2, -0.15) is 4.98 Å². The summed E-state index contributed by atoms with van der Waals surface area (Å²) in [5.41, 5.74) is 6.43. The number of nitrogens with two attached hydrogens (primary N) is 1. The number of ether oxygens (including phenoxy) is 1. The van der Waals surface area contributed by atoms with Crippen LogP contribution in [0, 0.1) is 6.92 Å². The van der Waals surface area contributed by atoms with Crippen LogP contribution in [0.5, 0.6) is 5.88 Å². The molecule has 7 nitrogen and oxygen atoms in total. The zero-order valence-electron chi connectivity index (χ0n) is 11.1. The summed E-state index contributed by atoms with van der Waals surface area (Å²) in [5.74, 6) is 1.25. The summed E-state index contributed by atoms with van der Waals surface area (Å²) in [6.07, 6.45) is 2.33. The first-order valence-corrected chi connectivity index (χ1v) is 6.72. The lowest BCUT2D eigenvalue weighted by molar-refractivity contribution is 0.305. The number of hydrogen-bond acceptors (Lipinski definition) is 7. The molecule has 2 N–H and O–H groups in total. The molecule has 0 atom stereocenters. The van der Waals surface area contributed by atoms with Crippen LogP contribution in [0.4, 0.5) is 5.69 Å². The van der Waals surface area contributed by atoms with Gasteiger partial charge in [0.05, 0.1) is 6.61 Å². The molecular formula is C11H16N6OS. The summed E-state index contributed by atoms with van der Waals surface area (Å²) in [6.45, 7) is 4.49. The van der Waals surface area contributed by atoms with Crippen LogP contribution in [0.1, 0.15) is 19.2 Å². The zero-order valence-corrected chi connectivity index (χ0v) is 11.9. The zero-order chi connectivity index (χ0) is 13.8. The SMILES string of the molecule is CCCOc1ncnc(Sc2nnc(C)n2C)c1N. The first-order chi connectivity index (χ1) is 9.13. The molecule has 2 aromatic heterocycles. The lowest BCUT2D eigenvalue weighted by Gasteiger charge is -2.09. The molecule has 0 saturated carbocycles. The summed E-state index contributed by atoms with van der Waals surface area (Å²) in [7, 11) is 1.89. The summed E-state index contributed by atoms with van der Waals surface area (Å²) < 4.78 is 7.34. The Morgan fingerprint density at radius 1 is 1.37 bits per heavy atom. The molecule has 19 heavy (non-hydrogen) atoms. The monoisotopic (exact) mass is 280 g/mol. The van der Waals surface area contributed by atoms with Crippen LogP contribution in [0.15, 0.2) is 16.5 Å². The van der Waals surface area contributed by atoms with E-state index in [-0.39, 0.29) is 0 Å². The van der Waals surface area contributed by atoms with Gasteiger partial charge in [0, 0.05) is 7.05 Å². The van der Waals surface area contributed by atoms with Crippen molar-refractivity contribution in [2.24, 2.45) is 7.05 Å². The molecule has 0 bridgehead atoms. The second-order valence-corrected chi connectivity index (χ2v) is 4.89. The Morgan fingerprint density at radius 3 is 2.79 bits per heavy atom. The minimum absolute atomic E-state index is 0.415. The van der Waals surface area contributed by atoms with Crippen molar-refractivity contribution in [1.82, 2.24) is 24.7 Å². The molecule has 0 aliphatic carbocycles. The highest BCUT2D eigenvalue weighted by Crippen LogP contribution is 2.32. The predicted octanol–water partition coefficient (Wildman–Crippen LogP) is 1.44. The largest absolute Gasteiger partial charge is 0.476 e. The molecule has 2 heterocycles. The Kier molecular flexibility index (Phi) is 4.20. The summed E-state index contributed by atoms with van der Waals surface area (Å²) in [4.78, 5) is 8.19. The Balaban J connectivity index is 2.23. The molecule has 8 heteroatoms. The molecule has 2 aromatic rings. The molecule has 102 valence electrons.